The second kappa shape index (κ2) is 9.97. The van der Waals surface area contributed by atoms with Gasteiger partial charge in [0.25, 0.3) is 5.91 Å². The lowest BCUT2D eigenvalue weighted by molar-refractivity contribution is -0.118. The first-order valence-electron chi connectivity index (χ1n) is 8.74. The molecule has 0 bridgehead atoms. The van der Waals surface area contributed by atoms with Gasteiger partial charge in [-0.2, -0.15) is 5.26 Å². The fraction of sp³-hybridized carbons (Fsp3) is 0.286. The molecule has 0 heterocycles. The summed E-state index contributed by atoms with van der Waals surface area (Å²) in [6.07, 6.45) is 1.79. The number of carbonyl (C=O) groups excluding carboxylic acids is 2. The highest BCUT2D eigenvalue weighted by Gasteiger charge is 2.09. The Labute approximate surface area is 158 Å². The Bertz CT molecular complexity index is 838. The normalized spacial score (nSPS) is 9.96. The number of hydrogen-bond donors (Lipinski definition) is 1. The summed E-state index contributed by atoms with van der Waals surface area (Å²) >= 11 is 0. The van der Waals surface area contributed by atoms with E-state index in [0.29, 0.717) is 29.2 Å². The van der Waals surface area contributed by atoms with E-state index < -0.39 is 0 Å². The molecule has 27 heavy (non-hydrogen) atoms. The van der Waals surface area contributed by atoms with E-state index in [4.69, 9.17) is 14.7 Å². The number of nitrogens with zero attached hydrogens (tertiary/aromatic N) is 1. The average Bonchev–Trinajstić information content (AvgIpc) is 2.67. The fourth-order valence-electron chi connectivity index (χ4n) is 2.30. The fourth-order valence-corrected chi connectivity index (χ4v) is 2.30. The Kier molecular flexibility index (Phi) is 7.38. The summed E-state index contributed by atoms with van der Waals surface area (Å²) in [4.78, 5) is 23.9. The summed E-state index contributed by atoms with van der Waals surface area (Å²) in [5.41, 5.74) is 2.32. The van der Waals surface area contributed by atoms with Crippen LogP contribution in [0.2, 0.25) is 0 Å². The van der Waals surface area contributed by atoms with Crippen molar-refractivity contribution < 1.29 is 19.1 Å². The number of anilines is 1. The number of benzene rings is 2. The van der Waals surface area contributed by atoms with Crippen LogP contribution in [-0.2, 0) is 9.53 Å². The van der Waals surface area contributed by atoms with Gasteiger partial charge >= 0.3 is 5.97 Å². The van der Waals surface area contributed by atoms with Crippen molar-refractivity contribution in [3.8, 4) is 11.8 Å². The number of nitrogens with one attached hydrogen (secondary N) is 1. The lowest BCUT2D eigenvalue weighted by Gasteiger charge is -2.10. The van der Waals surface area contributed by atoms with Crippen molar-refractivity contribution in [2.24, 2.45) is 0 Å². The minimum atomic E-state index is -0.374. The second-order valence-electron chi connectivity index (χ2n) is 6.00. The molecule has 0 aliphatic rings. The molecule has 6 heteroatoms. The van der Waals surface area contributed by atoms with Crippen molar-refractivity contribution >= 4 is 17.6 Å². The molecule has 2 rings (SSSR count). The van der Waals surface area contributed by atoms with Crippen LogP contribution in [0.15, 0.2) is 42.5 Å². The summed E-state index contributed by atoms with van der Waals surface area (Å²) < 4.78 is 10.6. The molecular formula is C21H22N2O4. The lowest BCUT2D eigenvalue weighted by atomic mass is 10.1. The van der Waals surface area contributed by atoms with Gasteiger partial charge in [-0.15, -0.1) is 0 Å². The lowest BCUT2D eigenvalue weighted by Crippen LogP contribution is -2.20. The summed E-state index contributed by atoms with van der Waals surface area (Å²) in [6, 6.07) is 13.5. The van der Waals surface area contributed by atoms with Crippen LogP contribution < -0.4 is 10.1 Å². The Morgan fingerprint density at radius 2 is 1.89 bits per heavy atom. The van der Waals surface area contributed by atoms with Crippen LogP contribution in [0.5, 0.6) is 5.75 Å². The number of aryl methyl sites for hydroxylation is 1. The van der Waals surface area contributed by atoms with Crippen molar-refractivity contribution in [1.29, 1.82) is 5.26 Å². The molecule has 0 aliphatic heterocycles. The van der Waals surface area contributed by atoms with Crippen LogP contribution in [-0.4, -0.2) is 25.1 Å². The van der Waals surface area contributed by atoms with Gasteiger partial charge in [0.05, 0.1) is 23.8 Å². The highest BCUT2D eigenvalue weighted by Crippen LogP contribution is 2.19. The van der Waals surface area contributed by atoms with E-state index in [1.807, 2.05) is 13.8 Å². The van der Waals surface area contributed by atoms with Crippen molar-refractivity contribution in [2.45, 2.75) is 26.7 Å². The predicted molar refractivity (Wildman–Crippen MR) is 102 cm³/mol. The molecule has 2 aromatic rings. The van der Waals surface area contributed by atoms with Gasteiger partial charge in [0.15, 0.2) is 6.61 Å². The Morgan fingerprint density at radius 3 is 2.52 bits per heavy atom. The molecular weight excluding hydrogens is 344 g/mol. The first kappa shape index (κ1) is 20.0. The molecule has 0 atom stereocenters. The SMILES string of the molecule is CCCCOC(=O)c1ccc(NC(=O)COc2ccc(C#N)cc2C)cc1. The molecule has 0 radical (unpaired) electrons. The third-order valence-corrected chi connectivity index (χ3v) is 3.80. The van der Waals surface area contributed by atoms with E-state index in [1.165, 1.54) is 0 Å². The topological polar surface area (TPSA) is 88.4 Å². The molecule has 2 aromatic carbocycles. The molecule has 1 N–H and O–H groups in total. The number of rotatable bonds is 8. The van der Waals surface area contributed by atoms with E-state index in [0.717, 1.165) is 18.4 Å². The van der Waals surface area contributed by atoms with E-state index >= 15 is 0 Å². The largest absolute Gasteiger partial charge is 0.483 e. The van der Waals surface area contributed by atoms with Crippen molar-refractivity contribution in [2.75, 3.05) is 18.5 Å². The summed E-state index contributed by atoms with van der Waals surface area (Å²) in [6.45, 7) is 4.08. The maximum Gasteiger partial charge on any atom is 0.338 e. The molecule has 0 aliphatic carbocycles. The van der Waals surface area contributed by atoms with Gasteiger partial charge in [-0.3, -0.25) is 4.79 Å². The first-order valence-corrected chi connectivity index (χ1v) is 8.74. The number of nitriles is 1. The predicted octanol–water partition coefficient (Wildman–Crippen LogP) is 3.84. The number of unbranched alkanes of at least 4 members (excludes halogenated alkanes) is 1. The maximum absolute atomic E-state index is 12.0. The highest BCUT2D eigenvalue weighted by atomic mass is 16.5. The summed E-state index contributed by atoms with van der Waals surface area (Å²) in [5, 5.41) is 11.6. The molecule has 0 aromatic heterocycles. The van der Waals surface area contributed by atoms with Crippen molar-refractivity contribution in [3.63, 3.8) is 0 Å². The van der Waals surface area contributed by atoms with E-state index in [1.54, 1.807) is 42.5 Å². The second-order valence-corrected chi connectivity index (χ2v) is 6.00. The highest BCUT2D eigenvalue weighted by molar-refractivity contribution is 5.93. The van der Waals surface area contributed by atoms with Crippen LogP contribution in [0.25, 0.3) is 0 Å². The summed E-state index contributed by atoms with van der Waals surface area (Å²) in [5.74, 6) is -0.146. The quantitative estimate of drug-likeness (QED) is 0.566. The Morgan fingerprint density at radius 1 is 1.15 bits per heavy atom. The van der Waals surface area contributed by atoms with Gasteiger partial charge in [0.1, 0.15) is 5.75 Å². The monoisotopic (exact) mass is 366 g/mol. The smallest absolute Gasteiger partial charge is 0.338 e. The minimum absolute atomic E-state index is 0.159. The Balaban J connectivity index is 1.85. The number of esters is 1. The molecule has 0 unspecified atom stereocenters. The molecule has 1 amide bonds. The van der Waals surface area contributed by atoms with Crippen LogP contribution in [0, 0.1) is 18.3 Å². The van der Waals surface area contributed by atoms with Gasteiger partial charge in [-0.1, -0.05) is 13.3 Å². The molecule has 0 saturated carbocycles. The molecule has 0 fully saturated rings. The maximum atomic E-state index is 12.0. The first-order chi connectivity index (χ1) is 13.0. The zero-order valence-electron chi connectivity index (χ0n) is 15.5. The van der Waals surface area contributed by atoms with Gasteiger partial charge in [-0.05, 0) is 61.4 Å². The molecule has 0 saturated heterocycles. The van der Waals surface area contributed by atoms with Crippen molar-refractivity contribution in [1.82, 2.24) is 0 Å². The Hall–Kier alpha value is -3.33. The van der Waals surface area contributed by atoms with Crippen LogP contribution >= 0.6 is 0 Å². The van der Waals surface area contributed by atoms with Crippen LogP contribution in [0.4, 0.5) is 5.69 Å². The number of carbonyl (C=O) groups is 2. The zero-order valence-corrected chi connectivity index (χ0v) is 15.5. The molecule has 140 valence electrons. The average molecular weight is 366 g/mol. The number of ether oxygens (including phenoxy) is 2. The van der Waals surface area contributed by atoms with Crippen LogP contribution in [0.1, 0.15) is 41.3 Å². The third kappa shape index (κ3) is 6.15. The van der Waals surface area contributed by atoms with E-state index in [2.05, 4.69) is 11.4 Å². The molecule has 6 nitrogen and oxygen atoms in total. The minimum Gasteiger partial charge on any atom is -0.483 e. The van der Waals surface area contributed by atoms with E-state index in [9.17, 15) is 9.59 Å². The number of amides is 1. The standard InChI is InChI=1S/C21H22N2O4/c1-3-4-11-26-21(25)17-6-8-18(9-7-17)23-20(24)14-27-19-10-5-16(13-22)12-15(19)2/h5-10,12H,3-4,11,14H2,1-2H3,(H,23,24). The third-order valence-electron chi connectivity index (χ3n) is 3.80. The van der Waals surface area contributed by atoms with Gasteiger partial charge in [-0.25, -0.2) is 4.79 Å². The van der Waals surface area contributed by atoms with Crippen molar-refractivity contribution in [3.05, 3.63) is 59.2 Å². The zero-order chi connectivity index (χ0) is 19.6. The molecule has 0 spiro atoms. The van der Waals surface area contributed by atoms with Gasteiger partial charge in [0.2, 0.25) is 0 Å². The summed E-state index contributed by atoms with van der Waals surface area (Å²) in [7, 11) is 0. The van der Waals surface area contributed by atoms with Gasteiger partial charge in [0, 0.05) is 5.69 Å². The van der Waals surface area contributed by atoms with Gasteiger partial charge < -0.3 is 14.8 Å². The number of hydrogen-bond acceptors (Lipinski definition) is 5. The van der Waals surface area contributed by atoms with Crippen LogP contribution in [0.3, 0.4) is 0 Å². The van der Waals surface area contributed by atoms with E-state index in [-0.39, 0.29) is 18.5 Å².